The number of benzene rings is 1. The molecule has 100 valence electrons. The van der Waals surface area contributed by atoms with Gasteiger partial charge in [0.15, 0.2) is 0 Å². The topological polar surface area (TPSA) is 49.8 Å². The number of nitrogens with zero attached hydrogens (tertiary/aromatic N) is 2. The van der Waals surface area contributed by atoms with Crippen LogP contribution in [0, 0.1) is 6.92 Å². The van der Waals surface area contributed by atoms with Gasteiger partial charge in [0.25, 0.3) is 0 Å². The Kier molecular flexibility index (Phi) is 3.53. The van der Waals surface area contributed by atoms with E-state index in [-0.39, 0.29) is 0 Å². The maximum Gasteiger partial charge on any atom is 0.224 e. The molecule has 2 heterocycles. The quantitative estimate of drug-likeness (QED) is 0.828. The number of piperidine rings is 1. The fraction of sp³-hybridized carbons (Fsp3) is 0.429. The molecule has 0 atom stereocenters. The van der Waals surface area contributed by atoms with Crippen LogP contribution in [0.3, 0.4) is 0 Å². The van der Waals surface area contributed by atoms with Crippen molar-refractivity contribution in [2.24, 2.45) is 0 Å². The summed E-state index contributed by atoms with van der Waals surface area (Å²) in [5.41, 5.74) is 2.05. The fourth-order valence-electron chi connectivity index (χ4n) is 2.54. The van der Waals surface area contributed by atoms with Gasteiger partial charge in [0.2, 0.25) is 5.28 Å². The zero-order valence-corrected chi connectivity index (χ0v) is 11.7. The van der Waals surface area contributed by atoms with E-state index in [0.717, 1.165) is 48.2 Å². The summed E-state index contributed by atoms with van der Waals surface area (Å²) in [5, 5.41) is 8.22. The average molecular weight is 277 g/mol. The third kappa shape index (κ3) is 2.65. The van der Waals surface area contributed by atoms with Gasteiger partial charge < -0.3 is 10.6 Å². The molecular weight excluding hydrogens is 260 g/mol. The monoisotopic (exact) mass is 276 g/mol. The Balaban J connectivity index is 1.99. The largest absolute Gasteiger partial charge is 0.367 e. The minimum Gasteiger partial charge on any atom is -0.367 e. The predicted octanol–water partition coefficient (Wildman–Crippen LogP) is 2.76. The number of hydrogen-bond donors (Lipinski definition) is 2. The third-order valence-electron chi connectivity index (χ3n) is 3.58. The molecule has 1 aliphatic heterocycles. The molecule has 1 aromatic carbocycles. The lowest BCUT2D eigenvalue weighted by atomic mass is 10.1. The van der Waals surface area contributed by atoms with Crippen molar-refractivity contribution in [1.82, 2.24) is 15.3 Å². The van der Waals surface area contributed by atoms with Crippen molar-refractivity contribution < 1.29 is 0 Å². The second kappa shape index (κ2) is 5.31. The molecule has 5 heteroatoms. The van der Waals surface area contributed by atoms with Crippen LogP contribution in [0.1, 0.15) is 18.4 Å². The SMILES string of the molecule is Cc1cccc2c(NC3CCNCC3)nc(Cl)nc12. The van der Waals surface area contributed by atoms with Crippen LogP contribution in [0.25, 0.3) is 10.9 Å². The lowest BCUT2D eigenvalue weighted by molar-refractivity contribution is 0.478. The molecule has 2 aromatic rings. The van der Waals surface area contributed by atoms with E-state index in [1.54, 1.807) is 0 Å². The third-order valence-corrected chi connectivity index (χ3v) is 3.75. The first-order valence-corrected chi connectivity index (χ1v) is 7.02. The smallest absolute Gasteiger partial charge is 0.224 e. The summed E-state index contributed by atoms with van der Waals surface area (Å²) in [7, 11) is 0. The van der Waals surface area contributed by atoms with E-state index in [2.05, 4.69) is 20.6 Å². The standard InChI is InChI=1S/C14H17ClN4/c1-9-3-2-4-11-12(9)18-14(15)19-13(11)17-10-5-7-16-8-6-10/h2-4,10,16H,5-8H2,1H3,(H,17,18,19). The zero-order chi connectivity index (χ0) is 13.2. The minimum absolute atomic E-state index is 0.304. The number of para-hydroxylation sites is 1. The Labute approximate surface area is 117 Å². The van der Waals surface area contributed by atoms with Gasteiger partial charge in [0.1, 0.15) is 5.82 Å². The summed E-state index contributed by atoms with van der Waals surface area (Å²) in [4.78, 5) is 8.69. The van der Waals surface area contributed by atoms with E-state index in [1.807, 2.05) is 25.1 Å². The van der Waals surface area contributed by atoms with Gasteiger partial charge in [-0.15, -0.1) is 0 Å². The molecule has 0 radical (unpaired) electrons. The number of hydrogen-bond acceptors (Lipinski definition) is 4. The fourth-order valence-corrected chi connectivity index (χ4v) is 2.71. The van der Waals surface area contributed by atoms with E-state index in [1.165, 1.54) is 0 Å². The predicted molar refractivity (Wildman–Crippen MR) is 78.8 cm³/mol. The summed E-state index contributed by atoms with van der Waals surface area (Å²) in [6, 6.07) is 6.57. The summed E-state index contributed by atoms with van der Waals surface area (Å²) >= 11 is 6.04. The minimum atomic E-state index is 0.304. The van der Waals surface area contributed by atoms with E-state index in [4.69, 9.17) is 11.6 Å². The van der Waals surface area contributed by atoms with Gasteiger partial charge >= 0.3 is 0 Å². The Morgan fingerprint density at radius 1 is 1.26 bits per heavy atom. The van der Waals surface area contributed by atoms with Crippen molar-refractivity contribution in [2.75, 3.05) is 18.4 Å². The van der Waals surface area contributed by atoms with Gasteiger partial charge in [-0.05, 0) is 56.1 Å². The van der Waals surface area contributed by atoms with Crippen LogP contribution in [0.2, 0.25) is 5.28 Å². The maximum atomic E-state index is 6.04. The Morgan fingerprint density at radius 3 is 2.84 bits per heavy atom. The Bertz CT molecular complexity index is 593. The Morgan fingerprint density at radius 2 is 2.05 bits per heavy atom. The second-order valence-corrected chi connectivity index (χ2v) is 5.32. The van der Waals surface area contributed by atoms with E-state index in [0.29, 0.717) is 11.3 Å². The van der Waals surface area contributed by atoms with Gasteiger partial charge in [-0.2, -0.15) is 0 Å². The number of halogens is 1. The molecule has 19 heavy (non-hydrogen) atoms. The van der Waals surface area contributed by atoms with Crippen LogP contribution in [0.15, 0.2) is 18.2 Å². The molecule has 0 spiro atoms. The molecule has 4 nitrogen and oxygen atoms in total. The summed E-state index contributed by atoms with van der Waals surface area (Å²) in [5.74, 6) is 0.852. The molecule has 0 bridgehead atoms. The highest BCUT2D eigenvalue weighted by Gasteiger charge is 2.15. The lowest BCUT2D eigenvalue weighted by Crippen LogP contribution is -2.35. The highest BCUT2D eigenvalue weighted by Crippen LogP contribution is 2.25. The second-order valence-electron chi connectivity index (χ2n) is 4.98. The van der Waals surface area contributed by atoms with E-state index >= 15 is 0 Å². The maximum absolute atomic E-state index is 6.04. The van der Waals surface area contributed by atoms with Crippen molar-refractivity contribution in [2.45, 2.75) is 25.8 Å². The molecule has 0 aliphatic carbocycles. The first kappa shape index (κ1) is 12.6. The highest BCUT2D eigenvalue weighted by atomic mass is 35.5. The van der Waals surface area contributed by atoms with Gasteiger partial charge in [0.05, 0.1) is 5.52 Å². The Hall–Kier alpha value is -1.39. The molecule has 0 amide bonds. The van der Waals surface area contributed by atoms with Gasteiger partial charge in [-0.1, -0.05) is 12.1 Å². The number of nitrogens with one attached hydrogen (secondary N) is 2. The molecule has 1 saturated heterocycles. The highest BCUT2D eigenvalue weighted by molar-refractivity contribution is 6.28. The van der Waals surface area contributed by atoms with Crippen molar-refractivity contribution >= 4 is 28.3 Å². The van der Waals surface area contributed by atoms with E-state index < -0.39 is 0 Å². The molecule has 1 aliphatic rings. The number of aromatic nitrogens is 2. The molecule has 0 saturated carbocycles. The van der Waals surface area contributed by atoms with Crippen LogP contribution in [0.5, 0.6) is 0 Å². The van der Waals surface area contributed by atoms with Crippen molar-refractivity contribution in [3.05, 3.63) is 29.0 Å². The normalized spacial score (nSPS) is 16.7. The first-order chi connectivity index (χ1) is 9.24. The van der Waals surface area contributed by atoms with Crippen molar-refractivity contribution in [3.63, 3.8) is 0 Å². The molecule has 3 rings (SSSR count). The zero-order valence-electron chi connectivity index (χ0n) is 10.9. The number of anilines is 1. The number of aryl methyl sites for hydroxylation is 1. The van der Waals surface area contributed by atoms with Crippen LogP contribution in [-0.4, -0.2) is 29.1 Å². The summed E-state index contributed by atoms with van der Waals surface area (Å²) in [6.07, 6.45) is 2.21. The van der Waals surface area contributed by atoms with E-state index in [9.17, 15) is 0 Å². The van der Waals surface area contributed by atoms with Gasteiger partial charge in [-0.25, -0.2) is 9.97 Å². The van der Waals surface area contributed by atoms with Gasteiger partial charge in [-0.3, -0.25) is 0 Å². The van der Waals surface area contributed by atoms with Crippen LogP contribution in [0.4, 0.5) is 5.82 Å². The van der Waals surface area contributed by atoms with Gasteiger partial charge in [0, 0.05) is 11.4 Å². The van der Waals surface area contributed by atoms with Crippen molar-refractivity contribution in [3.8, 4) is 0 Å². The first-order valence-electron chi connectivity index (χ1n) is 6.64. The average Bonchev–Trinajstić information content (AvgIpc) is 2.41. The number of rotatable bonds is 2. The summed E-state index contributed by atoms with van der Waals surface area (Å²) < 4.78 is 0. The molecule has 1 aromatic heterocycles. The lowest BCUT2D eigenvalue weighted by Gasteiger charge is -2.24. The number of fused-ring (bicyclic) bond motifs is 1. The molecule has 2 N–H and O–H groups in total. The van der Waals surface area contributed by atoms with Crippen LogP contribution >= 0.6 is 11.6 Å². The van der Waals surface area contributed by atoms with Crippen molar-refractivity contribution in [1.29, 1.82) is 0 Å². The molecule has 1 fully saturated rings. The molecule has 0 unspecified atom stereocenters. The summed E-state index contributed by atoms with van der Waals surface area (Å²) in [6.45, 7) is 4.14. The van der Waals surface area contributed by atoms with Crippen LogP contribution in [-0.2, 0) is 0 Å². The van der Waals surface area contributed by atoms with Crippen LogP contribution < -0.4 is 10.6 Å². The molecular formula is C14H17ClN4.